The zero-order chi connectivity index (χ0) is 15.6. The number of halogens is 5. The summed E-state index contributed by atoms with van der Waals surface area (Å²) in [7, 11) is 0. The van der Waals surface area contributed by atoms with E-state index in [-0.39, 0.29) is 21.5 Å². The summed E-state index contributed by atoms with van der Waals surface area (Å²) in [6, 6.07) is 7.85. The lowest BCUT2D eigenvalue weighted by atomic mass is 10.2. The molecule has 0 heterocycles. The second-order valence-corrected chi connectivity index (χ2v) is 4.88. The fourth-order valence-corrected chi connectivity index (χ4v) is 1.94. The van der Waals surface area contributed by atoms with Crippen LogP contribution in [0.25, 0.3) is 0 Å². The van der Waals surface area contributed by atoms with Gasteiger partial charge < -0.3 is 15.8 Å². The molecule has 0 bridgehead atoms. The normalized spacial score (nSPS) is 11.3. The Balaban J connectivity index is 2.34. The summed E-state index contributed by atoms with van der Waals surface area (Å²) in [6.07, 6.45) is -4.81. The highest BCUT2D eigenvalue weighted by molar-refractivity contribution is 9.10. The molecule has 0 amide bonds. The summed E-state index contributed by atoms with van der Waals surface area (Å²) < 4.78 is 54.3. The molecule has 0 spiro atoms. The van der Waals surface area contributed by atoms with Crippen LogP contribution in [0.15, 0.2) is 40.9 Å². The molecule has 0 unspecified atom stereocenters. The third-order valence-corrected chi connectivity index (χ3v) is 3.08. The largest absolute Gasteiger partial charge is 0.573 e. The number of nitrogens with two attached hydrogens (primary N) is 1. The van der Waals surface area contributed by atoms with Gasteiger partial charge in [0, 0.05) is 6.07 Å². The summed E-state index contributed by atoms with van der Waals surface area (Å²) >= 11 is 2.98. The van der Waals surface area contributed by atoms with E-state index in [1.54, 1.807) is 0 Å². The van der Waals surface area contributed by atoms with E-state index in [0.717, 1.165) is 12.1 Å². The van der Waals surface area contributed by atoms with Crippen LogP contribution in [0.3, 0.4) is 0 Å². The predicted octanol–water partition coefficient (Wildman–Crippen LogP) is 4.81. The zero-order valence-corrected chi connectivity index (χ0v) is 11.9. The van der Waals surface area contributed by atoms with Gasteiger partial charge in [-0.05, 0) is 34.1 Å². The van der Waals surface area contributed by atoms with Crippen molar-refractivity contribution in [1.29, 1.82) is 0 Å². The lowest BCUT2D eigenvalue weighted by Crippen LogP contribution is -2.17. The number of nitrogens with one attached hydrogen (secondary N) is 1. The van der Waals surface area contributed by atoms with E-state index < -0.39 is 17.9 Å². The fourth-order valence-electron chi connectivity index (χ4n) is 1.60. The van der Waals surface area contributed by atoms with Crippen LogP contribution >= 0.6 is 15.9 Å². The van der Waals surface area contributed by atoms with Gasteiger partial charge in [0.1, 0.15) is 5.82 Å². The molecular weight excluding hydrogens is 356 g/mol. The minimum absolute atomic E-state index is 0.0533. The Kier molecular flexibility index (Phi) is 4.26. The molecule has 3 N–H and O–H groups in total. The Hall–Kier alpha value is -1.96. The number of benzene rings is 2. The monoisotopic (exact) mass is 364 g/mol. The van der Waals surface area contributed by atoms with Crippen LogP contribution in [0.4, 0.5) is 34.6 Å². The summed E-state index contributed by atoms with van der Waals surface area (Å²) in [6.45, 7) is 0. The van der Waals surface area contributed by atoms with Crippen LogP contribution in [0, 0.1) is 5.82 Å². The molecule has 2 aromatic rings. The second kappa shape index (κ2) is 5.80. The molecule has 112 valence electrons. The summed E-state index contributed by atoms with van der Waals surface area (Å²) in [5, 5.41) is 2.68. The van der Waals surface area contributed by atoms with Gasteiger partial charge in [0.05, 0.1) is 21.5 Å². The molecular formula is C13H9BrF4N2O. The van der Waals surface area contributed by atoms with Crippen molar-refractivity contribution >= 4 is 33.0 Å². The Morgan fingerprint density at radius 2 is 1.76 bits per heavy atom. The van der Waals surface area contributed by atoms with Gasteiger partial charge in [-0.1, -0.05) is 12.1 Å². The number of rotatable bonds is 3. The number of ether oxygens (including phenoxy) is 1. The second-order valence-electron chi connectivity index (χ2n) is 4.02. The third kappa shape index (κ3) is 4.01. The van der Waals surface area contributed by atoms with Crippen LogP contribution in [-0.2, 0) is 0 Å². The maximum absolute atomic E-state index is 13.3. The molecule has 0 aliphatic rings. The number of para-hydroxylation sites is 2. The van der Waals surface area contributed by atoms with Crippen molar-refractivity contribution in [1.82, 2.24) is 0 Å². The molecule has 0 saturated carbocycles. The smallest absolute Gasteiger partial charge is 0.404 e. The van der Waals surface area contributed by atoms with Gasteiger partial charge in [0.15, 0.2) is 5.75 Å². The van der Waals surface area contributed by atoms with Crippen molar-refractivity contribution in [2.45, 2.75) is 6.36 Å². The molecule has 0 aliphatic heterocycles. The van der Waals surface area contributed by atoms with Crippen LogP contribution in [-0.4, -0.2) is 6.36 Å². The highest BCUT2D eigenvalue weighted by Gasteiger charge is 2.32. The maximum Gasteiger partial charge on any atom is 0.573 e. The third-order valence-electron chi connectivity index (χ3n) is 2.47. The average Bonchev–Trinajstić information content (AvgIpc) is 2.36. The van der Waals surface area contributed by atoms with Crippen molar-refractivity contribution < 1.29 is 22.3 Å². The van der Waals surface area contributed by atoms with Gasteiger partial charge in [-0.15, -0.1) is 13.2 Å². The molecule has 8 heteroatoms. The van der Waals surface area contributed by atoms with E-state index in [1.165, 1.54) is 24.3 Å². The van der Waals surface area contributed by atoms with Gasteiger partial charge in [0.2, 0.25) is 0 Å². The molecule has 0 radical (unpaired) electrons. The lowest BCUT2D eigenvalue weighted by Gasteiger charge is -2.15. The minimum Gasteiger partial charge on any atom is -0.404 e. The van der Waals surface area contributed by atoms with Gasteiger partial charge in [0.25, 0.3) is 0 Å². The first kappa shape index (κ1) is 15.4. The molecule has 0 atom stereocenters. The van der Waals surface area contributed by atoms with E-state index in [4.69, 9.17) is 5.73 Å². The Bertz CT molecular complexity index is 661. The summed E-state index contributed by atoms with van der Waals surface area (Å²) in [4.78, 5) is 0. The quantitative estimate of drug-likeness (QED) is 0.606. The zero-order valence-electron chi connectivity index (χ0n) is 10.3. The van der Waals surface area contributed by atoms with Gasteiger partial charge in [-0.3, -0.25) is 0 Å². The van der Waals surface area contributed by atoms with E-state index in [2.05, 4.69) is 26.0 Å². The van der Waals surface area contributed by atoms with Gasteiger partial charge in [-0.25, -0.2) is 4.39 Å². The number of anilines is 3. The van der Waals surface area contributed by atoms with E-state index in [1.807, 2.05) is 0 Å². The lowest BCUT2D eigenvalue weighted by molar-refractivity contribution is -0.274. The number of alkyl halides is 3. The first-order valence-corrected chi connectivity index (χ1v) is 6.42. The van der Waals surface area contributed by atoms with Crippen molar-refractivity contribution in [3.8, 4) is 5.75 Å². The van der Waals surface area contributed by atoms with Crippen molar-refractivity contribution in [3.63, 3.8) is 0 Å². The van der Waals surface area contributed by atoms with Gasteiger partial charge >= 0.3 is 6.36 Å². The van der Waals surface area contributed by atoms with Gasteiger partial charge in [-0.2, -0.15) is 0 Å². The first-order chi connectivity index (χ1) is 9.76. The van der Waals surface area contributed by atoms with E-state index >= 15 is 0 Å². The van der Waals surface area contributed by atoms with E-state index in [9.17, 15) is 17.6 Å². The molecule has 21 heavy (non-hydrogen) atoms. The number of hydrogen-bond acceptors (Lipinski definition) is 3. The van der Waals surface area contributed by atoms with Crippen molar-refractivity contribution in [2.24, 2.45) is 0 Å². The Labute approximate surface area is 125 Å². The number of nitrogen functional groups attached to an aromatic ring is 1. The van der Waals surface area contributed by atoms with Crippen LogP contribution < -0.4 is 15.8 Å². The Morgan fingerprint density at radius 3 is 2.43 bits per heavy atom. The van der Waals surface area contributed by atoms with Crippen LogP contribution in [0.1, 0.15) is 0 Å². The van der Waals surface area contributed by atoms with Crippen LogP contribution in [0.5, 0.6) is 5.75 Å². The maximum atomic E-state index is 13.3. The standard InChI is InChI=1S/C13H9BrF4N2O/c14-7-5-11(9(19)6-8(7)15)20-10-3-1-2-4-12(10)21-13(16,17)18/h1-6,20H,19H2. The average molecular weight is 365 g/mol. The van der Waals surface area contributed by atoms with Crippen molar-refractivity contribution in [3.05, 3.63) is 46.7 Å². The highest BCUT2D eigenvalue weighted by Crippen LogP contribution is 2.35. The molecule has 2 rings (SSSR count). The van der Waals surface area contributed by atoms with Crippen LogP contribution in [0.2, 0.25) is 0 Å². The molecule has 0 aromatic heterocycles. The molecule has 2 aromatic carbocycles. The molecule has 0 fully saturated rings. The summed E-state index contributed by atoms with van der Waals surface area (Å²) in [5.74, 6) is -0.984. The van der Waals surface area contributed by atoms with Crippen molar-refractivity contribution in [2.75, 3.05) is 11.1 Å². The predicted molar refractivity (Wildman–Crippen MR) is 74.9 cm³/mol. The SMILES string of the molecule is Nc1cc(F)c(Br)cc1Nc1ccccc1OC(F)(F)F. The Morgan fingerprint density at radius 1 is 1.10 bits per heavy atom. The molecule has 0 saturated heterocycles. The number of hydrogen-bond donors (Lipinski definition) is 2. The molecule has 0 aliphatic carbocycles. The van der Waals surface area contributed by atoms with E-state index in [0.29, 0.717) is 0 Å². The molecule has 3 nitrogen and oxygen atoms in total. The highest BCUT2D eigenvalue weighted by atomic mass is 79.9. The first-order valence-electron chi connectivity index (χ1n) is 5.62. The topological polar surface area (TPSA) is 47.3 Å². The fraction of sp³-hybridized carbons (Fsp3) is 0.0769. The summed E-state index contributed by atoms with van der Waals surface area (Å²) in [5.41, 5.74) is 5.99. The minimum atomic E-state index is -4.81.